The van der Waals surface area contributed by atoms with Gasteiger partial charge in [0.15, 0.2) is 0 Å². The molecule has 22 heavy (non-hydrogen) atoms. The molecule has 0 unspecified atom stereocenters. The molecule has 0 radical (unpaired) electrons. The number of nitrogens with one attached hydrogen (secondary N) is 1. The summed E-state index contributed by atoms with van der Waals surface area (Å²) in [7, 11) is 0. The number of carbonyl (C=O) groups is 2. The zero-order valence-corrected chi connectivity index (χ0v) is 12.8. The third kappa shape index (κ3) is 3.22. The minimum atomic E-state index is -1.31. The van der Waals surface area contributed by atoms with E-state index in [1.807, 2.05) is 0 Å². The van der Waals surface area contributed by atoms with Crippen molar-refractivity contribution < 1.29 is 19.4 Å². The predicted octanol–water partition coefficient (Wildman–Crippen LogP) is 2.50. The van der Waals surface area contributed by atoms with Crippen LogP contribution in [0.1, 0.15) is 44.2 Å². The van der Waals surface area contributed by atoms with Crippen molar-refractivity contribution in [2.45, 2.75) is 44.2 Å². The molecule has 0 saturated heterocycles. The first kappa shape index (κ1) is 15.9. The number of carbonyl (C=O) groups excluding carboxylic acids is 1. The van der Waals surface area contributed by atoms with E-state index in [0.717, 1.165) is 11.1 Å². The number of rotatable bonds is 3. The molecule has 2 atom stereocenters. The summed E-state index contributed by atoms with van der Waals surface area (Å²) in [5.74, 6) is 1.16. The summed E-state index contributed by atoms with van der Waals surface area (Å²) in [6.07, 6.45) is 4.91. The summed E-state index contributed by atoms with van der Waals surface area (Å²) >= 11 is 0. The van der Waals surface area contributed by atoms with Crippen LogP contribution in [0.2, 0.25) is 0 Å². The molecular formula is C17H19NO4. The van der Waals surface area contributed by atoms with Crippen molar-refractivity contribution in [2.75, 3.05) is 0 Å². The van der Waals surface area contributed by atoms with Gasteiger partial charge in [-0.1, -0.05) is 18.1 Å². The lowest BCUT2D eigenvalue weighted by molar-refractivity contribution is -0.140. The van der Waals surface area contributed by atoms with E-state index >= 15 is 0 Å². The topological polar surface area (TPSA) is 75.6 Å². The molecule has 2 N–H and O–H groups in total. The van der Waals surface area contributed by atoms with Gasteiger partial charge in [-0.2, -0.15) is 0 Å². The lowest BCUT2D eigenvalue weighted by Gasteiger charge is -2.22. The van der Waals surface area contributed by atoms with E-state index in [2.05, 4.69) is 11.2 Å². The Kier molecular flexibility index (Phi) is 3.89. The average Bonchev–Trinajstić information content (AvgIpc) is 3.12. The van der Waals surface area contributed by atoms with Gasteiger partial charge < -0.3 is 15.2 Å². The maximum Gasteiger partial charge on any atom is 0.408 e. The normalized spacial score (nSPS) is 23.3. The first-order valence-electron chi connectivity index (χ1n) is 6.99. The Morgan fingerprint density at radius 3 is 2.41 bits per heavy atom. The Hall–Kier alpha value is -2.48. The van der Waals surface area contributed by atoms with Crippen molar-refractivity contribution in [1.29, 1.82) is 0 Å². The van der Waals surface area contributed by atoms with Crippen molar-refractivity contribution in [3.05, 3.63) is 35.4 Å². The number of ether oxygens (including phenoxy) is 1. The average molecular weight is 301 g/mol. The van der Waals surface area contributed by atoms with Crippen LogP contribution in [0, 0.1) is 12.3 Å². The van der Waals surface area contributed by atoms with E-state index < -0.39 is 23.2 Å². The molecule has 0 aliphatic heterocycles. The lowest BCUT2D eigenvalue weighted by atomic mass is 10.0. The minimum absolute atomic E-state index is 0.288. The van der Waals surface area contributed by atoms with Crippen molar-refractivity contribution in [1.82, 2.24) is 5.32 Å². The highest BCUT2D eigenvalue weighted by atomic mass is 16.6. The second-order valence-corrected chi connectivity index (χ2v) is 6.43. The minimum Gasteiger partial charge on any atom is -0.479 e. The van der Waals surface area contributed by atoms with Crippen LogP contribution in [-0.2, 0) is 9.53 Å². The van der Waals surface area contributed by atoms with E-state index in [9.17, 15) is 14.7 Å². The quantitative estimate of drug-likeness (QED) is 0.841. The second-order valence-electron chi connectivity index (χ2n) is 6.43. The molecule has 1 aliphatic rings. The monoisotopic (exact) mass is 301 g/mol. The molecular weight excluding hydrogens is 282 g/mol. The van der Waals surface area contributed by atoms with Crippen molar-refractivity contribution in [3.63, 3.8) is 0 Å². The van der Waals surface area contributed by atoms with Crippen LogP contribution < -0.4 is 5.32 Å². The zero-order chi connectivity index (χ0) is 16.5. The number of alkyl carbamates (subject to hydrolysis) is 1. The second kappa shape index (κ2) is 5.38. The number of carboxylic acid groups (broad SMARTS) is 1. The number of hydrogen-bond donors (Lipinski definition) is 2. The van der Waals surface area contributed by atoms with Crippen LogP contribution >= 0.6 is 0 Å². The summed E-state index contributed by atoms with van der Waals surface area (Å²) in [6, 6.07) is 7.10. The van der Waals surface area contributed by atoms with E-state index in [-0.39, 0.29) is 5.92 Å². The number of amides is 1. The highest BCUT2D eigenvalue weighted by molar-refractivity contribution is 5.90. The molecule has 1 saturated carbocycles. The van der Waals surface area contributed by atoms with Gasteiger partial charge in [-0.15, -0.1) is 6.42 Å². The molecule has 0 bridgehead atoms. The molecule has 1 aromatic rings. The van der Waals surface area contributed by atoms with Crippen LogP contribution in [0.5, 0.6) is 0 Å². The fraction of sp³-hybridized carbons (Fsp3) is 0.412. The van der Waals surface area contributed by atoms with Gasteiger partial charge in [-0.3, -0.25) is 0 Å². The highest BCUT2D eigenvalue weighted by Gasteiger charge is 2.62. The summed E-state index contributed by atoms with van der Waals surface area (Å²) in [6.45, 7) is 5.18. The Labute approximate surface area is 129 Å². The Bertz CT molecular complexity index is 636. The van der Waals surface area contributed by atoms with Gasteiger partial charge in [-0.25, -0.2) is 9.59 Å². The molecule has 5 heteroatoms. The number of carboxylic acids is 1. The predicted molar refractivity (Wildman–Crippen MR) is 81.5 cm³/mol. The van der Waals surface area contributed by atoms with Crippen LogP contribution in [-0.4, -0.2) is 28.3 Å². The van der Waals surface area contributed by atoms with Gasteiger partial charge >= 0.3 is 12.1 Å². The SMILES string of the molecule is C#Cc1ccc([C@H]2C[C@@]2(NC(=O)OC(C)(C)C)C(=O)O)cc1. The third-order valence-corrected chi connectivity index (χ3v) is 3.55. The number of hydrogen-bond acceptors (Lipinski definition) is 3. The van der Waals surface area contributed by atoms with Crippen LogP contribution in [0.15, 0.2) is 24.3 Å². The molecule has 1 aromatic carbocycles. The van der Waals surface area contributed by atoms with Crippen molar-refractivity contribution >= 4 is 12.1 Å². The molecule has 0 heterocycles. The third-order valence-electron chi connectivity index (χ3n) is 3.55. The first-order valence-corrected chi connectivity index (χ1v) is 6.99. The van der Waals surface area contributed by atoms with E-state index in [4.69, 9.17) is 11.2 Å². The van der Waals surface area contributed by atoms with E-state index in [1.165, 1.54) is 0 Å². The first-order chi connectivity index (χ1) is 10.2. The van der Waals surface area contributed by atoms with Gasteiger partial charge in [0.1, 0.15) is 11.1 Å². The van der Waals surface area contributed by atoms with Gasteiger partial charge in [0.2, 0.25) is 0 Å². The van der Waals surface area contributed by atoms with Gasteiger partial charge in [-0.05, 0) is 44.9 Å². The summed E-state index contributed by atoms with van der Waals surface area (Å²) < 4.78 is 5.14. The lowest BCUT2D eigenvalue weighted by Crippen LogP contribution is -2.46. The summed E-state index contributed by atoms with van der Waals surface area (Å²) in [5, 5.41) is 12.0. The van der Waals surface area contributed by atoms with Gasteiger partial charge in [0, 0.05) is 11.5 Å². The molecule has 1 aliphatic carbocycles. The van der Waals surface area contributed by atoms with E-state index in [0.29, 0.717) is 6.42 Å². The smallest absolute Gasteiger partial charge is 0.408 e. The highest BCUT2D eigenvalue weighted by Crippen LogP contribution is 2.51. The maximum absolute atomic E-state index is 11.9. The zero-order valence-electron chi connectivity index (χ0n) is 12.8. The van der Waals surface area contributed by atoms with Crippen LogP contribution in [0.3, 0.4) is 0 Å². The fourth-order valence-electron chi connectivity index (χ4n) is 2.39. The number of terminal acetylenes is 1. The Morgan fingerprint density at radius 1 is 1.36 bits per heavy atom. The van der Waals surface area contributed by atoms with E-state index in [1.54, 1.807) is 45.0 Å². The number of aliphatic carboxylic acids is 1. The maximum atomic E-state index is 11.9. The molecule has 1 amide bonds. The van der Waals surface area contributed by atoms with Crippen LogP contribution in [0.4, 0.5) is 4.79 Å². The van der Waals surface area contributed by atoms with Crippen LogP contribution in [0.25, 0.3) is 0 Å². The summed E-state index contributed by atoms with van der Waals surface area (Å²) in [5.41, 5.74) is -0.425. The molecule has 0 aromatic heterocycles. The summed E-state index contributed by atoms with van der Waals surface area (Å²) in [4.78, 5) is 23.5. The Morgan fingerprint density at radius 2 is 1.95 bits per heavy atom. The molecule has 5 nitrogen and oxygen atoms in total. The largest absolute Gasteiger partial charge is 0.479 e. The van der Waals surface area contributed by atoms with Gasteiger partial charge in [0.25, 0.3) is 0 Å². The standard InChI is InChI=1S/C17H19NO4/c1-5-11-6-8-12(9-7-11)13-10-17(13,14(19)20)18-15(21)22-16(2,3)4/h1,6-9,13H,10H2,2-4H3,(H,18,21)(H,19,20)/t13-,17+/m1/s1. The fourth-order valence-corrected chi connectivity index (χ4v) is 2.39. The molecule has 0 spiro atoms. The van der Waals surface area contributed by atoms with Gasteiger partial charge in [0.05, 0.1) is 0 Å². The molecule has 1 fully saturated rings. The van der Waals surface area contributed by atoms with Crippen molar-refractivity contribution in [2.24, 2.45) is 0 Å². The van der Waals surface area contributed by atoms with Crippen molar-refractivity contribution in [3.8, 4) is 12.3 Å². The number of benzene rings is 1. The molecule has 116 valence electrons. The Balaban J connectivity index is 2.14. The molecule has 2 rings (SSSR count).